The number of halogens is 1. The number of hydrogen-bond acceptors (Lipinski definition) is 2. The van der Waals surface area contributed by atoms with E-state index in [1.165, 1.54) is 18.2 Å². The zero-order valence-corrected chi connectivity index (χ0v) is 15.0. The van der Waals surface area contributed by atoms with Crippen molar-refractivity contribution in [2.75, 3.05) is 30.8 Å². The molecule has 3 aromatic carbocycles. The van der Waals surface area contributed by atoms with Crippen molar-refractivity contribution in [1.29, 1.82) is 0 Å². The Morgan fingerprint density at radius 3 is 2.11 bits per heavy atom. The number of fused-ring (bicyclic) bond motifs is 1. The summed E-state index contributed by atoms with van der Waals surface area (Å²) in [4.78, 5) is 25.0. The number of anilines is 2. The van der Waals surface area contributed by atoms with Crippen molar-refractivity contribution in [3.8, 4) is 0 Å². The van der Waals surface area contributed by atoms with Crippen LogP contribution in [-0.4, -0.2) is 32.0 Å². The minimum atomic E-state index is -0.414. The highest BCUT2D eigenvalue weighted by Gasteiger charge is 2.15. The third-order valence-corrected chi connectivity index (χ3v) is 4.07. The molecule has 0 aromatic heterocycles. The maximum atomic E-state index is 13.1. The number of rotatable bonds is 6. The summed E-state index contributed by atoms with van der Waals surface area (Å²) in [6, 6.07) is 19.3. The van der Waals surface area contributed by atoms with Gasteiger partial charge in [-0.1, -0.05) is 36.4 Å². The van der Waals surface area contributed by atoms with E-state index in [0.717, 1.165) is 21.4 Å². The molecule has 0 bridgehead atoms. The number of quaternary nitrogens is 1. The molecule has 0 aliphatic carbocycles. The van der Waals surface area contributed by atoms with Crippen LogP contribution in [0.5, 0.6) is 0 Å². The van der Waals surface area contributed by atoms with Gasteiger partial charge in [0.15, 0.2) is 13.1 Å². The van der Waals surface area contributed by atoms with Crippen LogP contribution in [0.2, 0.25) is 0 Å². The lowest BCUT2D eigenvalue weighted by Gasteiger charge is -2.14. The second kappa shape index (κ2) is 8.42. The van der Waals surface area contributed by atoms with E-state index in [1.54, 1.807) is 13.1 Å². The number of hydrogen-bond donors (Lipinski definition) is 3. The largest absolute Gasteiger partial charge is 0.322 e. The Morgan fingerprint density at radius 2 is 1.44 bits per heavy atom. The first-order valence-corrected chi connectivity index (χ1v) is 8.65. The second-order valence-corrected chi connectivity index (χ2v) is 6.48. The molecular weight excluding hydrogens is 345 g/mol. The summed E-state index contributed by atoms with van der Waals surface area (Å²) in [5, 5.41) is 7.63. The van der Waals surface area contributed by atoms with Crippen LogP contribution < -0.4 is 15.5 Å². The monoisotopic (exact) mass is 366 g/mol. The fourth-order valence-corrected chi connectivity index (χ4v) is 2.85. The quantitative estimate of drug-likeness (QED) is 0.625. The van der Waals surface area contributed by atoms with Gasteiger partial charge >= 0.3 is 0 Å². The summed E-state index contributed by atoms with van der Waals surface area (Å²) in [7, 11) is 1.76. The molecule has 0 heterocycles. The fourth-order valence-electron chi connectivity index (χ4n) is 2.85. The van der Waals surface area contributed by atoms with Crippen LogP contribution >= 0.6 is 0 Å². The van der Waals surface area contributed by atoms with Crippen molar-refractivity contribution >= 4 is 34.0 Å². The van der Waals surface area contributed by atoms with Crippen LogP contribution in [0.1, 0.15) is 0 Å². The molecule has 0 aliphatic heterocycles. The summed E-state index contributed by atoms with van der Waals surface area (Å²) in [5.41, 5.74) is 1.11. The smallest absolute Gasteiger partial charge is 0.279 e. The van der Waals surface area contributed by atoms with E-state index in [0.29, 0.717) is 5.69 Å². The zero-order chi connectivity index (χ0) is 19.2. The van der Waals surface area contributed by atoms with Gasteiger partial charge in [-0.3, -0.25) is 9.59 Å². The highest BCUT2D eigenvalue weighted by molar-refractivity contribution is 5.95. The Hall–Kier alpha value is -3.25. The standard InChI is InChI=1S/C21H20FN3O2/c1-25(13-20(26)23-18-8-4-7-17(22)12-18)14-21(27)24-19-10-9-15-5-2-3-6-16(15)11-19/h2-12H,13-14H2,1H3,(H,23,26)(H,24,27)/p+1. The van der Waals surface area contributed by atoms with Crippen LogP contribution in [0.25, 0.3) is 10.8 Å². The summed E-state index contributed by atoms with van der Waals surface area (Å²) in [6.07, 6.45) is 0. The van der Waals surface area contributed by atoms with E-state index in [2.05, 4.69) is 10.6 Å². The summed E-state index contributed by atoms with van der Waals surface area (Å²) < 4.78 is 13.1. The maximum absolute atomic E-state index is 13.1. The molecule has 3 aromatic rings. The van der Waals surface area contributed by atoms with Gasteiger partial charge in [-0.2, -0.15) is 0 Å². The average molecular weight is 366 g/mol. The van der Waals surface area contributed by atoms with Crippen molar-refractivity contribution in [3.63, 3.8) is 0 Å². The lowest BCUT2D eigenvalue weighted by molar-refractivity contribution is -0.862. The number of benzene rings is 3. The van der Waals surface area contributed by atoms with Crippen molar-refractivity contribution < 1.29 is 18.9 Å². The minimum Gasteiger partial charge on any atom is -0.322 e. The normalized spacial score (nSPS) is 11.8. The lowest BCUT2D eigenvalue weighted by atomic mass is 10.1. The van der Waals surface area contributed by atoms with Gasteiger partial charge in [-0.05, 0) is 41.1 Å². The van der Waals surface area contributed by atoms with Crippen molar-refractivity contribution in [3.05, 3.63) is 72.5 Å². The van der Waals surface area contributed by atoms with Gasteiger partial charge in [0.25, 0.3) is 11.8 Å². The van der Waals surface area contributed by atoms with Gasteiger partial charge in [-0.25, -0.2) is 4.39 Å². The molecule has 5 nitrogen and oxygen atoms in total. The van der Waals surface area contributed by atoms with E-state index in [9.17, 15) is 14.0 Å². The SMILES string of the molecule is C[NH+](CC(=O)Nc1cccc(F)c1)CC(=O)Nc1ccc2ccccc2c1. The summed E-state index contributed by atoms with van der Waals surface area (Å²) in [5.74, 6) is -0.874. The van der Waals surface area contributed by atoms with Gasteiger partial charge in [0.2, 0.25) is 0 Å². The Balaban J connectivity index is 1.51. The number of amides is 2. The minimum absolute atomic E-state index is 0.0989. The Labute approximate surface area is 156 Å². The molecule has 0 saturated carbocycles. The van der Waals surface area contributed by atoms with Crippen molar-refractivity contribution in [2.24, 2.45) is 0 Å². The maximum Gasteiger partial charge on any atom is 0.279 e. The number of carbonyl (C=O) groups excluding carboxylic acids is 2. The van der Waals surface area contributed by atoms with Crippen LogP contribution in [-0.2, 0) is 9.59 Å². The highest BCUT2D eigenvalue weighted by atomic mass is 19.1. The molecule has 0 saturated heterocycles. The molecular formula is C21H21FN3O2+. The Kier molecular flexibility index (Phi) is 5.78. The van der Waals surface area contributed by atoms with E-state index < -0.39 is 5.82 Å². The molecule has 6 heteroatoms. The number of carbonyl (C=O) groups is 2. The molecule has 0 spiro atoms. The third kappa shape index (κ3) is 5.36. The molecule has 138 valence electrons. The van der Waals surface area contributed by atoms with Crippen LogP contribution in [0, 0.1) is 5.82 Å². The molecule has 27 heavy (non-hydrogen) atoms. The van der Waals surface area contributed by atoms with E-state index in [4.69, 9.17) is 0 Å². The first-order chi connectivity index (χ1) is 13.0. The summed E-state index contributed by atoms with van der Waals surface area (Å²) in [6.45, 7) is 0.241. The van der Waals surface area contributed by atoms with Gasteiger partial charge < -0.3 is 15.5 Å². The van der Waals surface area contributed by atoms with Gasteiger partial charge in [0, 0.05) is 11.4 Å². The number of likely N-dealkylation sites (N-methyl/N-ethyl adjacent to an activating group) is 1. The third-order valence-electron chi connectivity index (χ3n) is 4.07. The van der Waals surface area contributed by atoms with E-state index in [-0.39, 0.29) is 24.9 Å². The predicted octanol–water partition coefficient (Wildman–Crippen LogP) is 2.07. The molecule has 0 radical (unpaired) electrons. The van der Waals surface area contributed by atoms with Gasteiger partial charge in [0.1, 0.15) is 5.82 Å². The van der Waals surface area contributed by atoms with Crippen LogP contribution in [0.3, 0.4) is 0 Å². The van der Waals surface area contributed by atoms with Crippen LogP contribution in [0.15, 0.2) is 66.7 Å². The number of nitrogens with one attached hydrogen (secondary N) is 3. The van der Waals surface area contributed by atoms with Gasteiger partial charge in [0.05, 0.1) is 7.05 Å². The lowest BCUT2D eigenvalue weighted by Crippen LogP contribution is -3.11. The molecule has 1 atom stereocenters. The fraction of sp³-hybridized carbons (Fsp3) is 0.143. The molecule has 2 amide bonds. The van der Waals surface area contributed by atoms with Crippen molar-refractivity contribution in [2.45, 2.75) is 0 Å². The first-order valence-electron chi connectivity index (χ1n) is 8.65. The zero-order valence-electron chi connectivity index (χ0n) is 15.0. The van der Waals surface area contributed by atoms with Crippen molar-refractivity contribution in [1.82, 2.24) is 0 Å². The second-order valence-electron chi connectivity index (χ2n) is 6.48. The van der Waals surface area contributed by atoms with E-state index >= 15 is 0 Å². The van der Waals surface area contributed by atoms with E-state index in [1.807, 2.05) is 42.5 Å². The summed E-state index contributed by atoms with van der Waals surface area (Å²) >= 11 is 0. The predicted molar refractivity (Wildman–Crippen MR) is 104 cm³/mol. The van der Waals surface area contributed by atoms with Crippen LogP contribution in [0.4, 0.5) is 15.8 Å². The molecule has 0 aliphatic rings. The topological polar surface area (TPSA) is 62.6 Å². The van der Waals surface area contributed by atoms with Gasteiger partial charge in [-0.15, -0.1) is 0 Å². The molecule has 3 N–H and O–H groups in total. The highest BCUT2D eigenvalue weighted by Crippen LogP contribution is 2.18. The average Bonchev–Trinajstić information content (AvgIpc) is 2.61. The Morgan fingerprint density at radius 1 is 0.815 bits per heavy atom. The first kappa shape index (κ1) is 18.5. The molecule has 0 fully saturated rings. The molecule has 3 rings (SSSR count). The Bertz CT molecular complexity index is 974. The molecule has 1 unspecified atom stereocenters.